The second kappa shape index (κ2) is 7.12. The smallest absolute Gasteiger partial charge is 0.134 e. The van der Waals surface area contributed by atoms with E-state index in [1.807, 2.05) is 0 Å². The largest absolute Gasteiger partial charge is 0.373 e. The summed E-state index contributed by atoms with van der Waals surface area (Å²) in [6.45, 7) is 7.75. The molecule has 2 aliphatic rings. The van der Waals surface area contributed by atoms with E-state index >= 15 is 0 Å². The first-order valence-corrected chi connectivity index (χ1v) is 8.27. The minimum absolute atomic E-state index is 0.0527. The molecule has 0 amide bonds. The van der Waals surface area contributed by atoms with Crippen LogP contribution in [0.1, 0.15) is 59.3 Å². The van der Waals surface area contributed by atoms with Crippen LogP contribution < -0.4 is 17.2 Å². The van der Waals surface area contributed by atoms with Gasteiger partial charge in [0.1, 0.15) is 6.34 Å². The molecule has 1 aliphatic heterocycles. The quantitative estimate of drug-likeness (QED) is 0.298. The summed E-state index contributed by atoms with van der Waals surface area (Å²) < 4.78 is 6.13. The summed E-state index contributed by atoms with van der Waals surface area (Å²) >= 11 is 0. The normalized spacial score (nSPS) is 33.1. The maximum atomic E-state index is 6.13. The number of hydrogen-bond donors (Lipinski definition) is 3. The van der Waals surface area contributed by atoms with E-state index in [9.17, 15) is 0 Å². The van der Waals surface area contributed by atoms with Gasteiger partial charge in [-0.25, -0.2) is 11.3 Å². The Morgan fingerprint density at radius 2 is 2.09 bits per heavy atom. The van der Waals surface area contributed by atoms with Crippen LogP contribution in [-0.4, -0.2) is 29.8 Å². The van der Waals surface area contributed by atoms with E-state index in [4.69, 9.17) is 21.4 Å². The summed E-state index contributed by atoms with van der Waals surface area (Å²) in [6, 6.07) is 0.0527. The van der Waals surface area contributed by atoms with Gasteiger partial charge in [0.15, 0.2) is 0 Å². The number of nitrogens with two attached hydrogens (primary N) is 2. The molecule has 22 heavy (non-hydrogen) atoms. The molecule has 1 heterocycles. The lowest BCUT2D eigenvalue weighted by Crippen LogP contribution is -2.56. The SMILES string of the molecule is CCC(C)(C)C1CCC2(CC1)OCCC2N(N)ONC=NN. The van der Waals surface area contributed by atoms with Crippen LogP contribution in [0, 0.1) is 11.3 Å². The van der Waals surface area contributed by atoms with Gasteiger partial charge < -0.3 is 10.6 Å². The van der Waals surface area contributed by atoms with Crippen molar-refractivity contribution in [2.45, 2.75) is 70.9 Å². The molecule has 0 bridgehead atoms. The fourth-order valence-electron chi connectivity index (χ4n) is 3.92. The van der Waals surface area contributed by atoms with Crippen molar-refractivity contribution in [2.75, 3.05) is 6.61 Å². The summed E-state index contributed by atoms with van der Waals surface area (Å²) in [5.41, 5.74) is 2.72. The van der Waals surface area contributed by atoms with Gasteiger partial charge in [0.25, 0.3) is 0 Å². The lowest BCUT2D eigenvalue weighted by atomic mass is 9.65. The van der Waals surface area contributed by atoms with Gasteiger partial charge >= 0.3 is 0 Å². The molecular formula is C15H31N5O2. The van der Waals surface area contributed by atoms with Gasteiger partial charge in [0.05, 0.1) is 11.6 Å². The number of nitrogens with zero attached hydrogens (tertiary/aromatic N) is 2. The Morgan fingerprint density at radius 3 is 2.68 bits per heavy atom. The Balaban J connectivity index is 1.96. The van der Waals surface area contributed by atoms with Crippen LogP contribution in [0.5, 0.6) is 0 Å². The highest BCUT2D eigenvalue weighted by Gasteiger charge is 2.50. The Labute approximate surface area is 133 Å². The van der Waals surface area contributed by atoms with E-state index in [-0.39, 0.29) is 11.6 Å². The zero-order valence-electron chi connectivity index (χ0n) is 14.0. The molecule has 128 valence electrons. The lowest BCUT2D eigenvalue weighted by Gasteiger charge is -2.46. The second-order valence-electron chi connectivity index (χ2n) is 7.18. The fraction of sp³-hybridized carbons (Fsp3) is 0.933. The zero-order valence-corrected chi connectivity index (χ0v) is 14.0. The average molecular weight is 313 g/mol. The second-order valence-corrected chi connectivity index (χ2v) is 7.18. The van der Waals surface area contributed by atoms with Crippen molar-refractivity contribution >= 4 is 6.34 Å². The van der Waals surface area contributed by atoms with Crippen molar-refractivity contribution in [1.29, 1.82) is 0 Å². The summed E-state index contributed by atoms with van der Waals surface area (Å²) in [5, 5.41) is 4.67. The third-order valence-corrected chi connectivity index (χ3v) is 5.83. The third-order valence-electron chi connectivity index (χ3n) is 5.83. The predicted molar refractivity (Wildman–Crippen MR) is 86.0 cm³/mol. The Kier molecular flexibility index (Phi) is 5.65. The van der Waals surface area contributed by atoms with Crippen LogP contribution in [-0.2, 0) is 9.68 Å². The van der Waals surface area contributed by atoms with Crippen molar-refractivity contribution in [3.05, 3.63) is 0 Å². The first kappa shape index (κ1) is 17.5. The summed E-state index contributed by atoms with van der Waals surface area (Å²) in [5.74, 6) is 11.8. The number of hydrazone groups is 1. The van der Waals surface area contributed by atoms with Crippen LogP contribution in [0.2, 0.25) is 0 Å². The van der Waals surface area contributed by atoms with Gasteiger partial charge in [-0.2, -0.15) is 10.0 Å². The standard InChI is InChI=1S/C15H31N5O2/c1-4-14(2,3)12-5-8-15(9-6-12)13(7-10-21-15)20(17)22-19-11-18-16/h11-13H,4-10,16-17H2,1-3H3,(H,18,19). The molecule has 1 spiro atoms. The average Bonchev–Trinajstić information content (AvgIpc) is 2.91. The van der Waals surface area contributed by atoms with Gasteiger partial charge in [-0.1, -0.05) is 32.4 Å². The van der Waals surface area contributed by atoms with Crippen molar-refractivity contribution < 1.29 is 9.68 Å². The topological polar surface area (TPSA) is 98.1 Å². The molecule has 1 aliphatic carbocycles. The van der Waals surface area contributed by atoms with E-state index in [2.05, 4.69) is 31.4 Å². The molecular weight excluding hydrogens is 282 g/mol. The number of ether oxygens (including phenoxy) is 1. The monoisotopic (exact) mass is 313 g/mol. The van der Waals surface area contributed by atoms with Crippen LogP contribution in [0.3, 0.4) is 0 Å². The van der Waals surface area contributed by atoms with E-state index in [0.717, 1.165) is 31.8 Å². The molecule has 1 saturated carbocycles. The zero-order chi connectivity index (χ0) is 16.2. The van der Waals surface area contributed by atoms with Crippen molar-refractivity contribution in [1.82, 2.24) is 10.7 Å². The molecule has 1 saturated heterocycles. The highest BCUT2D eigenvalue weighted by molar-refractivity contribution is 5.51. The molecule has 0 aromatic heterocycles. The fourth-order valence-corrected chi connectivity index (χ4v) is 3.92. The number of nitrogens with one attached hydrogen (secondary N) is 1. The minimum Gasteiger partial charge on any atom is -0.373 e. The number of hydrazine groups is 1. The molecule has 0 aromatic carbocycles. The Morgan fingerprint density at radius 1 is 1.41 bits per heavy atom. The molecule has 5 N–H and O–H groups in total. The highest BCUT2D eigenvalue weighted by atomic mass is 16.8. The molecule has 7 nitrogen and oxygen atoms in total. The van der Waals surface area contributed by atoms with E-state index < -0.39 is 0 Å². The third kappa shape index (κ3) is 3.53. The first-order valence-electron chi connectivity index (χ1n) is 8.27. The van der Waals surface area contributed by atoms with Crippen LogP contribution in [0.4, 0.5) is 0 Å². The summed E-state index contributed by atoms with van der Waals surface area (Å²) in [4.78, 5) is 5.26. The molecule has 0 radical (unpaired) electrons. The van der Waals surface area contributed by atoms with E-state index in [1.165, 1.54) is 30.8 Å². The Hall–Kier alpha value is -0.890. The molecule has 2 fully saturated rings. The summed E-state index contributed by atoms with van der Waals surface area (Å²) in [6.07, 6.45) is 7.78. The molecule has 7 heteroatoms. The van der Waals surface area contributed by atoms with E-state index in [0.29, 0.717) is 5.41 Å². The molecule has 1 atom stereocenters. The van der Waals surface area contributed by atoms with Gasteiger partial charge in [0.2, 0.25) is 0 Å². The maximum Gasteiger partial charge on any atom is 0.134 e. The minimum atomic E-state index is -0.184. The number of rotatable bonds is 6. The first-order chi connectivity index (χ1) is 10.4. The molecule has 1 unspecified atom stereocenters. The molecule has 0 aromatic rings. The van der Waals surface area contributed by atoms with Gasteiger partial charge in [0, 0.05) is 6.61 Å². The lowest BCUT2D eigenvalue weighted by molar-refractivity contribution is -0.245. The van der Waals surface area contributed by atoms with Crippen molar-refractivity contribution in [3.63, 3.8) is 0 Å². The van der Waals surface area contributed by atoms with Gasteiger partial charge in [-0.05, 0) is 43.4 Å². The van der Waals surface area contributed by atoms with Crippen LogP contribution in [0.25, 0.3) is 0 Å². The van der Waals surface area contributed by atoms with Crippen molar-refractivity contribution in [3.8, 4) is 0 Å². The maximum absolute atomic E-state index is 6.13. The van der Waals surface area contributed by atoms with E-state index in [1.54, 1.807) is 0 Å². The number of hydroxylamine groups is 2. The highest BCUT2D eigenvalue weighted by Crippen LogP contribution is 2.48. The predicted octanol–water partition coefficient (Wildman–Crippen LogP) is 1.65. The van der Waals surface area contributed by atoms with Gasteiger partial charge in [-0.3, -0.25) is 0 Å². The van der Waals surface area contributed by atoms with Gasteiger partial charge in [-0.15, -0.1) is 0 Å². The van der Waals surface area contributed by atoms with Crippen LogP contribution in [0.15, 0.2) is 5.10 Å². The van der Waals surface area contributed by atoms with Crippen LogP contribution >= 0.6 is 0 Å². The summed E-state index contributed by atoms with van der Waals surface area (Å²) in [7, 11) is 0. The molecule has 2 rings (SSSR count). The number of hydrogen-bond acceptors (Lipinski definition) is 6. The van der Waals surface area contributed by atoms with Crippen molar-refractivity contribution in [2.24, 2.45) is 28.1 Å². The Bertz CT molecular complexity index is 380.